The third-order valence-electron chi connectivity index (χ3n) is 6.40. The lowest BCUT2D eigenvalue weighted by atomic mass is 10.0. The van der Waals surface area contributed by atoms with Gasteiger partial charge in [0.15, 0.2) is 12.2 Å². The lowest BCUT2D eigenvalue weighted by molar-refractivity contribution is 0.0556. The van der Waals surface area contributed by atoms with Gasteiger partial charge in [-0.15, -0.1) is 0 Å². The van der Waals surface area contributed by atoms with Crippen LogP contribution in [0, 0.1) is 0 Å². The molecule has 2 aliphatic rings. The topological polar surface area (TPSA) is 85.1 Å². The monoisotopic (exact) mass is 461 g/mol. The minimum absolute atomic E-state index is 0.0471. The number of likely N-dealkylation sites (tertiary alicyclic amines) is 1. The molecular formula is C26H27N3O5. The second kappa shape index (κ2) is 9.59. The summed E-state index contributed by atoms with van der Waals surface area (Å²) in [6.07, 6.45) is 6.20. The van der Waals surface area contributed by atoms with Gasteiger partial charge in [-0.1, -0.05) is 12.1 Å². The number of piperidine rings is 1. The summed E-state index contributed by atoms with van der Waals surface area (Å²) in [7, 11) is 1.59. The summed E-state index contributed by atoms with van der Waals surface area (Å²) in [5.41, 5.74) is 1.55. The fourth-order valence-corrected chi connectivity index (χ4v) is 4.40. The Labute approximate surface area is 198 Å². The quantitative estimate of drug-likeness (QED) is 0.533. The third kappa shape index (κ3) is 4.76. The van der Waals surface area contributed by atoms with Crippen LogP contribution in [0.3, 0.4) is 0 Å². The fourth-order valence-electron chi connectivity index (χ4n) is 4.40. The number of rotatable bonds is 6. The Morgan fingerprint density at radius 1 is 0.941 bits per heavy atom. The highest BCUT2D eigenvalue weighted by Gasteiger charge is 2.39. The molecule has 3 aromatic rings. The van der Waals surface area contributed by atoms with Gasteiger partial charge in [-0.2, -0.15) is 0 Å². The van der Waals surface area contributed by atoms with Crippen LogP contribution in [0.2, 0.25) is 0 Å². The minimum atomic E-state index is -0.365. The Morgan fingerprint density at radius 3 is 2.18 bits per heavy atom. The maximum atomic E-state index is 13.4. The number of benzene rings is 2. The maximum Gasteiger partial charge on any atom is 0.415 e. The molecule has 2 amide bonds. The molecule has 2 fully saturated rings. The van der Waals surface area contributed by atoms with Crippen LogP contribution in [-0.2, 0) is 0 Å². The molecular weight excluding hydrogens is 434 g/mol. The van der Waals surface area contributed by atoms with Crippen LogP contribution in [0.25, 0.3) is 11.3 Å². The first kappa shape index (κ1) is 22.0. The lowest BCUT2D eigenvalue weighted by Crippen LogP contribution is -2.50. The number of carbonyl (C=O) groups excluding carboxylic acids is 2. The molecule has 0 bridgehead atoms. The molecule has 1 saturated carbocycles. The van der Waals surface area contributed by atoms with Crippen molar-refractivity contribution in [2.75, 3.05) is 20.2 Å². The Bertz CT molecular complexity index is 1120. The van der Waals surface area contributed by atoms with Gasteiger partial charge in [-0.3, -0.25) is 4.79 Å². The molecule has 2 heterocycles. The summed E-state index contributed by atoms with van der Waals surface area (Å²) in [6, 6.07) is 14.8. The standard InChI is InChI=1S/C26H27N3O5/c1-32-22-8-10-23(11-9-22)34-26(31)28-14-12-21(13-15-28)29(20-6-7-20)25(30)19-4-2-18(3-5-19)24-16-27-17-33-24/h2-5,8-11,16-17,20-21H,6-7,12-15H2,1H3. The van der Waals surface area contributed by atoms with Crippen molar-refractivity contribution in [2.45, 2.75) is 37.8 Å². The highest BCUT2D eigenvalue weighted by atomic mass is 16.6. The highest BCUT2D eigenvalue weighted by Crippen LogP contribution is 2.34. The predicted octanol–water partition coefficient (Wildman–Crippen LogP) is 4.62. The summed E-state index contributed by atoms with van der Waals surface area (Å²) >= 11 is 0. The molecule has 8 nitrogen and oxygen atoms in total. The van der Waals surface area contributed by atoms with E-state index in [1.807, 2.05) is 29.2 Å². The van der Waals surface area contributed by atoms with Gasteiger partial charge in [0, 0.05) is 36.3 Å². The average molecular weight is 462 g/mol. The molecule has 2 aromatic carbocycles. The molecule has 176 valence electrons. The normalized spacial score (nSPS) is 16.2. The Kier molecular flexibility index (Phi) is 6.20. The zero-order valence-electron chi connectivity index (χ0n) is 19.1. The van der Waals surface area contributed by atoms with Crippen molar-refractivity contribution in [1.29, 1.82) is 0 Å². The van der Waals surface area contributed by atoms with Crippen LogP contribution in [0.4, 0.5) is 4.79 Å². The molecule has 34 heavy (non-hydrogen) atoms. The Balaban J connectivity index is 1.20. The third-order valence-corrected chi connectivity index (χ3v) is 6.40. The molecule has 1 aliphatic heterocycles. The maximum absolute atomic E-state index is 13.4. The Morgan fingerprint density at radius 2 is 1.59 bits per heavy atom. The molecule has 1 aliphatic carbocycles. The zero-order chi connectivity index (χ0) is 23.5. The van der Waals surface area contributed by atoms with E-state index in [4.69, 9.17) is 13.9 Å². The number of carbonyl (C=O) groups is 2. The largest absolute Gasteiger partial charge is 0.497 e. The summed E-state index contributed by atoms with van der Waals surface area (Å²) in [5, 5.41) is 0. The van der Waals surface area contributed by atoms with Crippen molar-refractivity contribution in [3.8, 4) is 22.8 Å². The Hall–Kier alpha value is -3.81. The molecule has 0 radical (unpaired) electrons. The van der Waals surface area contributed by atoms with Gasteiger partial charge in [-0.25, -0.2) is 9.78 Å². The van der Waals surface area contributed by atoms with Gasteiger partial charge < -0.3 is 23.7 Å². The first-order valence-corrected chi connectivity index (χ1v) is 11.5. The van der Waals surface area contributed by atoms with Crippen LogP contribution in [0.1, 0.15) is 36.0 Å². The van der Waals surface area contributed by atoms with Crippen molar-refractivity contribution in [3.63, 3.8) is 0 Å². The fraction of sp³-hybridized carbons (Fsp3) is 0.346. The number of oxazole rings is 1. The molecule has 1 saturated heterocycles. The summed E-state index contributed by atoms with van der Waals surface area (Å²) < 4.78 is 16.0. The SMILES string of the molecule is COc1ccc(OC(=O)N2CCC(N(C(=O)c3ccc(-c4cnco4)cc3)C3CC3)CC2)cc1. The highest BCUT2D eigenvalue weighted by molar-refractivity contribution is 5.95. The molecule has 0 spiro atoms. The number of nitrogens with zero attached hydrogens (tertiary/aromatic N) is 3. The van der Waals surface area contributed by atoms with Gasteiger partial charge in [0.2, 0.25) is 0 Å². The lowest BCUT2D eigenvalue weighted by Gasteiger charge is -2.38. The summed E-state index contributed by atoms with van der Waals surface area (Å²) in [5.74, 6) is 1.91. The molecule has 1 aromatic heterocycles. The van der Waals surface area contributed by atoms with E-state index in [0.717, 1.165) is 31.2 Å². The van der Waals surface area contributed by atoms with Gasteiger partial charge >= 0.3 is 6.09 Å². The molecule has 8 heteroatoms. The van der Waals surface area contributed by atoms with Gasteiger partial charge in [0.1, 0.15) is 11.5 Å². The molecule has 0 N–H and O–H groups in total. The zero-order valence-corrected chi connectivity index (χ0v) is 19.1. The number of aromatic nitrogens is 1. The van der Waals surface area contributed by atoms with Crippen LogP contribution in [-0.4, -0.2) is 59.1 Å². The first-order valence-electron chi connectivity index (χ1n) is 11.5. The van der Waals surface area contributed by atoms with Crippen molar-refractivity contribution in [2.24, 2.45) is 0 Å². The number of hydrogen-bond donors (Lipinski definition) is 0. The van der Waals surface area contributed by atoms with Crippen molar-refractivity contribution in [3.05, 3.63) is 66.7 Å². The second-order valence-corrected chi connectivity index (χ2v) is 8.65. The summed E-state index contributed by atoms with van der Waals surface area (Å²) in [4.78, 5) is 33.7. The number of amides is 2. The van der Waals surface area contributed by atoms with Crippen molar-refractivity contribution < 1.29 is 23.5 Å². The molecule has 5 rings (SSSR count). The van der Waals surface area contributed by atoms with Crippen LogP contribution in [0.5, 0.6) is 11.5 Å². The van der Waals surface area contributed by atoms with Crippen LogP contribution in [0.15, 0.2) is 65.5 Å². The number of hydrogen-bond acceptors (Lipinski definition) is 6. The number of methoxy groups -OCH3 is 1. The van der Waals surface area contributed by atoms with Crippen molar-refractivity contribution >= 4 is 12.0 Å². The molecule has 0 atom stereocenters. The van der Waals surface area contributed by atoms with E-state index in [0.29, 0.717) is 35.9 Å². The van der Waals surface area contributed by atoms with E-state index in [1.54, 1.807) is 42.5 Å². The van der Waals surface area contributed by atoms with Crippen molar-refractivity contribution in [1.82, 2.24) is 14.8 Å². The van der Waals surface area contributed by atoms with E-state index < -0.39 is 0 Å². The first-order chi connectivity index (χ1) is 16.6. The van der Waals surface area contributed by atoms with E-state index in [1.165, 1.54) is 6.39 Å². The van der Waals surface area contributed by atoms with E-state index in [9.17, 15) is 9.59 Å². The predicted molar refractivity (Wildman–Crippen MR) is 125 cm³/mol. The van der Waals surface area contributed by atoms with Gasteiger partial charge in [0.25, 0.3) is 5.91 Å². The summed E-state index contributed by atoms with van der Waals surface area (Å²) in [6.45, 7) is 1.11. The van der Waals surface area contributed by atoms with Crippen LogP contribution < -0.4 is 9.47 Å². The number of ether oxygens (including phenoxy) is 2. The molecule has 0 unspecified atom stereocenters. The van der Waals surface area contributed by atoms with E-state index >= 15 is 0 Å². The minimum Gasteiger partial charge on any atom is -0.497 e. The van der Waals surface area contributed by atoms with Crippen LogP contribution >= 0.6 is 0 Å². The second-order valence-electron chi connectivity index (χ2n) is 8.65. The van der Waals surface area contributed by atoms with Gasteiger partial charge in [0.05, 0.1) is 13.3 Å². The van der Waals surface area contributed by atoms with E-state index in [-0.39, 0.29) is 24.1 Å². The average Bonchev–Trinajstić information content (AvgIpc) is 3.56. The van der Waals surface area contributed by atoms with Gasteiger partial charge in [-0.05, 0) is 62.1 Å². The smallest absolute Gasteiger partial charge is 0.415 e. The van der Waals surface area contributed by atoms with E-state index in [2.05, 4.69) is 4.98 Å².